The van der Waals surface area contributed by atoms with E-state index < -0.39 is 11.8 Å². The van der Waals surface area contributed by atoms with Crippen molar-refractivity contribution in [1.29, 1.82) is 0 Å². The number of nitro benzene ring substituents is 1. The van der Waals surface area contributed by atoms with Gasteiger partial charge in [0.2, 0.25) is 5.78 Å². The van der Waals surface area contributed by atoms with Crippen LogP contribution in [0.2, 0.25) is 0 Å². The molecule has 5 aromatic rings. The third-order valence-corrected chi connectivity index (χ3v) is 7.81. The van der Waals surface area contributed by atoms with Crippen molar-refractivity contribution < 1.29 is 19.3 Å². The Bertz CT molecular complexity index is 1840. The van der Waals surface area contributed by atoms with Crippen molar-refractivity contribution in [3.8, 4) is 0 Å². The predicted molar refractivity (Wildman–Crippen MR) is 166 cm³/mol. The summed E-state index contributed by atoms with van der Waals surface area (Å²) in [5.74, 6) is -0.628. The van der Waals surface area contributed by atoms with Crippen LogP contribution in [0.15, 0.2) is 84.0 Å². The van der Waals surface area contributed by atoms with Crippen LogP contribution in [0.1, 0.15) is 62.4 Å². The first kappa shape index (κ1) is 28.7. The molecule has 4 aromatic carbocycles. The minimum Gasteiger partial charge on any atom is -0.340 e. The van der Waals surface area contributed by atoms with Crippen molar-refractivity contribution in [3.63, 3.8) is 0 Å². The van der Waals surface area contributed by atoms with Crippen molar-refractivity contribution in [2.24, 2.45) is 11.1 Å². The van der Waals surface area contributed by atoms with Crippen molar-refractivity contribution in [2.45, 2.75) is 53.0 Å². The van der Waals surface area contributed by atoms with E-state index in [1.54, 1.807) is 48.5 Å². The van der Waals surface area contributed by atoms with Gasteiger partial charge >= 0.3 is 5.97 Å². The Morgan fingerprint density at radius 3 is 2.29 bits per heavy atom. The number of fused-ring (bicyclic) bond motifs is 5. The normalized spacial score (nSPS) is 12.6. The Morgan fingerprint density at radius 2 is 1.62 bits per heavy atom. The Hall–Kier alpha value is -4.85. The molecule has 1 aromatic heterocycles. The van der Waals surface area contributed by atoms with E-state index >= 15 is 0 Å². The van der Waals surface area contributed by atoms with Gasteiger partial charge in [0.25, 0.3) is 5.69 Å². The van der Waals surface area contributed by atoms with Crippen molar-refractivity contribution in [3.05, 3.63) is 100 Å². The highest BCUT2D eigenvalue weighted by molar-refractivity contribution is 6.51. The van der Waals surface area contributed by atoms with Crippen LogP contribution in [-0.2, 0) is 16.2 Å². The lowest BCUT2D eigenvalue weighted by Gasteiger charge is -2.18. The second-order valence-electron chi connectivity index (χ2n) is 10.6. The number of Topliss-reactive ketones (excluding diaryl/α,β-unsaturated/α-hetero) is 1. The van der Waals surface area contributed by atoms with Gasteiger partial charge < -0.3 is 9.40 Å². The lowest BCUT2D eigenvalue weighted by Crippen LogP contribution is -2.17. The number of rotatable bonds is 11. The molecule has 0 bridgehead atoms. The number of ketones is 1. The second kappa shape index (κ2) is 12.3. The molecule has 0 aliphatic heterocycles. The first-order valence-corrected chi connectivity index (χ1v) is 14.3. The zero-order chi connectivity index (χ0) is 29.8. The van der Waals surface area contributed by atoms with E-state index in [4.69, 9.17) is 4.84 Å². The quantitative estimate of drug-likeness (QED) is 0.0529. The van der Waals surface area contributed by atoms with Gasteiger partial charge in [-0.25, -0.2) is 4.79 Å². The molecule has 0 aliphatic rings. The molecule has 5 rings (SSSR count). The fourth-order valence-electron chi connectivity index (χ4n) is 5.67. The van der Waals surface area contributed by atoms with Crippen LogP contribution in [0.5, 0.6) is 0 Å². The molecule has 1 atom stereocenters. The Morgan fingerprint density at radius 1 is 0.905 bits per heavy atom. The van der Waals surface area contributed by atoms with E-state index in [9.17, 15) is 19.7 Å². The van der Waals surface area contributed by atoms with E-state index in [0.717, 1.165) is 54.0 Å². The van der Waals surface area contributed by atoms with Crippen LogP contribution < -0.4 is 0 Å². The highest BCUT2D eigenvalue weighted by Crippen LogP contribution is 2.40. The third-order valence-electron chi connectivity index (χ3n) is 7.81. The largest absolute Gasteiger partial charge is 0.340 e. The number of nitrogens with zero attached hydrogens (tertiary/aromatic N) is 3. The van der Waals surface area contributed by atoms with E-state index in [1.165, 1.54) is 6.92 Å². The number of unbranched alkanes of at least 4 members (excludes halogenated alkanes) is 1. The smallest absolute Gasteiger partial charge is 0.332 e. The van der Waals surface area contributed by atoms with Crippen LogP contribution >= 0.6 is 0 Å². The average Bonchev–Trinajstić information content (AvgIpc) is 3.31. The van der Waals surface area contributed by atoms with Gasteiger partial charge in [0.05, 0.1) is 15.8 Å². The van der Waals surface area contributed by atoms with Crippen LogP contribution in [0, 0.1) is 16.0 Å². The third kappa shape index (κ3) is 5.52. The van der Waals surface area contributed by atoms with Gasteiger partial charge in [-0.1, -0.05) is 86.8 Å². The summed E-state index contributed by atoms with van der Waals surface area (Å²) < 4.78 is 2.26. The molecule has 0 saturated heterocycles. The zero-order valence-corrected chi connectivity index (χ0v) is 24.0. The molecule has 0 N–H and O–H groups in total. The van der Waals surface area contributed by atoms with Gasteiger partial charge in [-0.2, -0.15) is 0 Å². The molecule has 0 spiro atoms. The molecule has 42 heavy (non-hydrogen) atoms. The van der Waals surface area contributed by atoms with Crippen LogP contribution in [-0.4, -0.2) is 27.0 Å². The molecule has 1 unspecified atom stereocenters. The molecule has 0 radical (unpaired) electrons. The maximum Gasteiger partial charge on any atom is 0.332 e. The number of aromatic nitrogens is 1. The lowest BCUT2D eigenvalue weighted by atomic mass is 9.98. The number of hydrogen-bond donors (Lipinski definition) is 0. The fraction of sp³-hybridized carbons (Fsp3) is 0.265. The monoisotopic (exact) mass is 563 g/mol. The SMILES string of the molecule is CCCCC(CC)Cn1c2ccc(C(=O)/C(=N\OC(C)=O)c3ccccc3)cc2c2cc([N+](=O)[O-])c3ccccc3c21. The summed E-state index contributed by atoms with van der Waals surface area (Å²) in [5, 5.41) is 18.9. The summed E-state index contributed by atoms with van der Waals surface area (Å²) in [6.45, 7) is 6.36. The first-order chi connectivity index (χ1) is 20.3. The Labute approximate surface area is 243 Å². The van der Waals surface area contributed by atoms with Gasteiger partial charge in [-0.15, -0.1) is 0 Å². The van der Waals surface area contributed by atoms with E-state index in [-0.39, 0.29) is 16.3 Å². The fourth-order valence-corrected chi connectivity index (χ4v) is 5.67. The summed E-state index contributed by atoms with van der Waals surface area (Å²) >= 11 is 0. The molecule has 214 valence electrons. The molecule has 0 fully saturated rings. The summed E-state index contributed by atoms with van der Waals surface area (Å²) in [7, 11) is 0. The highest BCUT2D eigenvalue weighted by Gasteiger charge is 2.24. The van der Waals surface area contributed by atoms with E-state index in [1.807, 2.05) is 30.3 Å². The number of non-ortho nitro benzene ring substituents is 1. The minimum absolute atomic E-state index is 0.00377. The standard InChI is InChI=1S/C34H33N3O5/c1-4-6-12-23(5-2)21-36-30-18-17-25(34(39)32(35-42-22(3)38)24-13-8-7-9-14-24)19-28(30)29-20-31(37(40)41)26-15-10-11-16-27(26)33(29)36/h7-11,13-20,23H,4-6,12,21H2,1-3H3/b35-32-. The molecule has 8 heteroatoms. The Balaban J connectivity index is 1.76. The predicted octanol–water partition coefficient (Wildman–Crippen LogP) is 8.22. The number of carbonyl (C=O) groups is 2. The van der Waals surface area contributed by atoms with E-state index in [0.29, 0.717) is 27.8 Å². The first-order valence-electron chi connectivity index (χ1n) is 14.3. The number of oxime groups is 1. The van der Waals surface area contributed by atoms with Gasteiger partial charge in [0, 0.05) is 52.3 Å². The van der Waals surface area contributed by atoms with Crippen LogP contribution in [0.3, 0.4) is 0 Å². The van der Waals surface area contributed by atoms with Crippen LogP contribution in [0.25, 0.3) is 32.6 Å². The minimum atomic E-state index is -0.637. The van der Waals surface area contributed by atoms with Crippen molar-refractivity contribution >= 4 is 55.7 Å². The molecule has 8 nitrogen and oxygen atoms in total. The van der Waals surface area contributed by atoms with Crippen molar-refractivity contribution in [2.75, 3.05) is 0 Å². The zero-order valence-electron chi connectivity index (χ0n) is 24.0. The molecule has 0 amide bonds. The lowest BCUT2D eigenvalue weighted by molar-refractivity contribution is -0.382. The topological polar surface area (TPSA) is 104 Å². The number of carbonyl (C=O) groups excluding carboxylic acids is 2. The highest BCUT2D eigenvalue weighted by atomic mass is 16.7. The van der Waals surface area contributed by atoms with Gasteiger partial charge in [-0.3, -0.25) is 14.9 Å². The summed E-state index contributed by atoms with van der Waals surface area (Å²) in [6.07, 6.45) is 4.34. The number of hydrogen-bond acceptors (Lipinski definition) is 6. The maximum atomic E-state index is 13.8. The average molecular weight is 564 g/mol. The summed E-state index contributed by atoms with van der Waals surface area (Å²) in [4.78, 5) is 42.1. The molecule has 0 aliphatic carbocycles. The molecule has 0 saturated carbocycles. The Kier molecular flexibility index (Phi) is 8.43. The number of benzene rings is 4. The van der Waals surface area contributed by atoms with Crippen LogP contribution in [0.4, 0.5) is 5.69 Å². The molecule has 1 heterocycles. The second-order valence-corrected chi connectivity index (χ2v) is 10.6. The van der Waals surface area contributed by atoms with Gasteiger partial charge in [0.1, 0.15) is 0 Å². The maximum absolute atomic E-state index is 13.8. The summed E-state index contributed by atoms with van der Waals surface area (Å²) in [5.41, 5.74) is 2.69. The van der Waals surface area contributed by atoms with E-state index in [2.05, 4.69) is 23.6 Å². The number of nitro groups is 1. The summed E-state index contributed by atoms with van der Waals surface area (Å²) in [6, 6.07) is 23.3. The van der Waals surface area contributed by atoms with Crippen molar-refractivity contribution in [1.82, 2.24) is 4.57 Å². The van der Waals surface area contributed by atoms with Gasteiger partial charge in [-0.05, 0) is 36.6 Å². The van der Waals surface area contributed by atoms with Gasteiger partial charge in [0.15, 0.2) is 5.71 Å². The molecular formula is C34H33N3O5. The molecular weight excluding hydrogens is 530 g/mol.